The van der Waals surface area contributed by atoms with Crippen LogP contribution in [0.1, 0.15) is 34.3 Å². The van der Waals surface area contributed by atoms with E-state index >= 15 is 0 Å². The Kier molecular flexibility index (Phi) is 6.17. The SMILES string of the molecule is CCNC(=O)c1cccc(NC(=O)COC(=O)C2c3ccccc3Oc3ccccc32)c1. The topological polar surface area (TPSA) is 93.7 Å². The molecule has 7 heteroatoms. The number of esters is 1. The predicted octanol–water partition coefficient (Wildman–Crippen LogP) is 3.86. The Hall–Kier alpha value is -4.13. The predicted molar refractivity (Wildman–Crippen MR) is 119 cm³/mol. The van der Waals surface area contributed by atoms with Gasteiger partial charge in [0.25, 0.3) is 11.8 Å². The molecule has 2 amide bonds. The third-order valence-corrected chi connectivity index (χ3v) is 5.01. The minimum Gasteiger partial charge on any atom is -0.457 e. The Morgan fingerprint density at radius 1 is 0.906 bits per heavy atom. The van der Waals surface area contributed by atoms with Crippen LogP contribution in [-0.2, 0) is 14.3 Å². The van der Waals surface area contributed by atoms with Crippen molar-refractivity contribution >= 4 is 23.5 Å². The number of hydrogen-bond acceptors (Lipinski definition) is 5. The summed E-state index contributed by atoms with van der Waals surface area (Å²) in [5.74, 6) is -0.795. The van der Waals surface area contributed by atoms with E-state index in [0.717, 1.165) is 0 Å². The third-order valence-electron chi connectivity index (χ3n) is 5.01. The van der Waals surface area contributed by atoms with E-state index in [1.165, 1.54) is 0 Å². The summed E-state index contributed by atoms with van der Waals surface area (Å²) in [6, 6.07) is 21.1. The number of benzene rings is 3. The van der Waals surface area contributed by atoms with E-state index < -0.39 is 24.4 Å². The molecule has 32 heavy (non-hydrogen) atoms. The van der Waals surface area contributed by atoms with Crippen molar-refractivity contribution in [1.29, 1.82) is 0 Å². The van der Waals surface area contributed by atoms with E-state index in [-0.39, 0.29) is 5.91 Å². The van der Waals surface area contributed by atoms with E-state index in [0.29, 0.717) is 40.4 Å². The highest BCUT2D eigenvalue weighted by Crippen LogP contribution is 2.44. The van der Waals surface area contributed by atoms with Gasteiger partial charge >= 0.3 is 5.97 Å². The Morgan fingerprint density at radius 2 is 1.56 bits per heavy atom. The Labute approximate surface area is 185 Å². The third kappa shape index (κ3) is 4.46. The van der Waals surface area contributed by atoms with Gasteiger partial charge in [0.2, 0.25) is 0 Å². The molecule has 0 atom stereocenters. The fourth-order valence-corrected chi connectivity index (χ4v) is 3.58. The molecule has 0 aromatic heterocycles. The maximum atomic E-state index is 13.0. The van der Waals surface area contributed by atoms with E-state index in [2.05, 4.69) is 10.6 Å². The van der Waals surface area contributed by atoms with E-state index in [4.69, 9.17) is 9.47 Å². The molecule has 1 aliphatic rings. The van der Waals surface area contributed by atoms with Crippen molar-refractivity contribution in [2.24, 2.45) is 0 Å². The van der Waals surface area contributed by atoms with Crippen LogP contribution in [0, 0.1) is 0 Å². The van der Waals surface area contributed by atoms with Crippen LogP contribution in [-0.4, -0.2) is 30.9 Å². The van der Waals surface area contributed by atoms with Gasteiger partial charge in [0, 0.05) is 28.9 Å². The number of carbonyl (C=O) groups excluding carboxylic acids is 3. The van der Waals surface area contributed by atoms with E-state index in [9.17, 15) is 14.4 Å². The Bertz CT molecular complexity index is 1130. The van der Waals surface area contributed by atoms with Gasteiger partial charge in [-0.1, -0.05) is 42.5 Å². The molecule has 3 aromatic rings. The van der Waals surface area contributed by atoms with Crippen LogP contribution in [0.3, 0.4) is 0 Å². The van der Waals surface area contributed by atoms with Crippen LogP contribution in [0.15, 0.2) is 72.8 Å². The summed E-state index contributed by atoms with van der Waals surface area (Å²) in [7, 11) is 0. The van der Waals surface area contributed by atoms with Crippen molar-refractivity contribution in [2.75, 3.05) is 18.5 Å². The number of rotatable bonds is 6. The summed E-state index contributed by atoms with van der Waals surface area (Å²) < 4.78 is 11.3. The summed E-state index contributed by atoms with van der Waals surface area (Å²) in [4.78, 5) is 37.3. The van der Waals surface area contributed by atoms with Gasteiger partial charge in [-0.2, -0.15) is 0 Å². The number of anilines is 1. The summed E-state index contributed by atoms with van der Waals surface area (Å²) in [5.41, 5.74) is 2.24. The lowest BCUT2D eigenvalue weighted by molar-refractivity contribution is -0.148. The lowest BCUT2D eigenvalue weighted by Crippen LogP contribution is -2.26. The second kappa shape index (κ2) is 9.34. The molecule has 1 heterocycles. The molecule has 0 unspecified atom stereocenters. The first-order valence-electron chi connectivity index (χ1n) is 10.3. The van der Waals surface area contributed by atoms with Gasteiger partial charge in [0.1, 0.15) is 17.4 Å². The van der Waals surface area contributed by atoms with Crippen LogP contribution < -0.4 is 15.4 Å². The zero-order valence-corrected chi connectivity index (χ0v) is 17.5. The molecular formula is C25H22N2O5. The number of ether oxygens (including phenoxy) is 2. The number of carbonyl (C=O) groups is 3. The standard InChI is InChI=1S/C25H22N2O5/c1-2-26-24(29)16-8-7-9-17(14-16)27-22(28)15-31-25(30)23-18-10-3-5-12-20(18)32-21-13-6-4-11-19(21)23/h3-14,23H,2,15H2,1H3,(H,26,29)(H,27,28). The maximum absolute atomic E-state index is 13.0. The van der Waals surface area contributed by atoms with Crippen LogP contribution in [0.4, 0.5) is 5.69 Å². The average Bonchev–Trinajstić information content (AvgIpc) is 2.81. The minimum absolute atomic E-state index is 0.230. The van der Waals surface area contributed by atoms with Crippen LogP contribution in [0.25, 0.3) is 0 Å². The number of amides is 2. The number of hydrogen-bond donors (Lipinski definition) is 2. The molecule has 7 nitrogen and oxygen atoms in total. The molecular weight excluding hydrogens is 408 g/mol. The summed E-state index contributed by atoms with van der Waals surface area (Å²) in [6.45, 7) is 1.88. The number of nitrogens with one attached hydrogen (secondary N) is 2. The Morgan fingerprint density at radius 3 is 2.22 bits per heavy atom. The van der Waals surface area contributed by atoms with Crippen molar-refractivity contribution in [3.05, 3.63) is 89.5 Å². The van der Waals surface area contributed by atoms with Gasteiger partial charge in [0.15, 0.2) is 6.61 Å². The molecule has 162 valence electrons. The molecule has 0 fully saturated rings. The molecule has 0 spiro atoms. The first kappa shape index (κ1) is 21.1. The van der Waals surface area contributed by atoms with Gasteiger partial charge in [-0.25, -0.2) is 0 Å². The van der Waals surface area contributed by atoms with Gasteiger partial charge in [-0.05, 0) is 37.3 Å². The largest absolute Gasteiger partial charge is 0.457 e. The smallest absolute Gasteiger partial charge is 0.318 e. The summed E-state index contributed by atoms with van der Waals surface area (Å²) in [6.07, 6.45) is 0. The monoisotopic (exact) mass is 430 g/mol. The van der Waals surface area contributed by atoms with Gasteiger partial charge in [0.05, 0.1) is 0 Å². The van der Waals surface area contributed by atoms with Crippen molar-refractivity contribution in [1.82, 2.24) is 5.32 Å². The van der Waals surface area contributed by atoms with Gasteiger partial charge in [-0.3, -0.25) is 14.4 Å². The number of para-hydroxylation sites is 2. The first-order chi connectivity index (χ1) is 15.6. The highest BCUT2D eigenvalue weighted by Gasteiger charge is 2.33. The van der Waals surface area contributed by atoms with E-state index in [1.807, 2.05) is 43.3 Å². The highest BCUT2D eigenvalue weighted by molar-refractivity contribution is 5.98. The highest BCUT2D eigenvalue weighted by atomic mass is 16.5. The molecule has 0 saturated carbocycles. The minimum atomic E-state index is -0.690. The lowest BCUT2D eigenvalue weighted by Gasteiger charge is -2.26. The van der Waals surface area contributed by atoms with Crippen LogP contribution in [0.2, 0.25) is 0 Å². The van der Waals surface area contributed by atoms with Gasteiger partial charge < -0.3 is 20.1 Å². The summed E-state index contributed by atoms with van der Waals surface area (Å²) in [5, 5.41) is 5.36. The number of fused-ring (bicyclic) bond motifs is 2. The second-order valence-corrected chi connectivity index (χ2v) is 7.21. The molecule has 0 bridgehead atoms. The lowest BCUT2D eigenvalue weighted by atomic mass is 9.88. The zero-order valence-electron chi connectivity index (χ0n) is 17.5. The quantitative estimate of drug-likeness (QED) is 0.580. The summed E-state index contributed by atoms with van der Waals surface area (Å²) >= 11 is 0. The van der Waals surface area contributed by atoms with Crippen LogP contribution >= 0.6 is 0 Å². The second-order valence-electron chi connectivity index (χ2n) is 7.21. The van der Waals surface area contributed by atoms with Crippen molar-refractivity contribution in [3.63, 3.8) is 0 Å². The molecule has 0 saturated heterocycles. The van der Waals surface area contributed by atoms with Crippen molar-refractivity contribution in [3.8, 4) is 11.5 Å². The van der Waals surface area contributed by atoms with E-state index in [1.54, 1.807) is 36.4 Å². The maximum Gasteiger partial charge on any atom is 0.318 e. The normalized spacial score (nSPS) is 12.0. The van der Waals surface area contributed by atoms with Gasteiger partial charge in [-0.15, -0.1) is 0 Å². The molecule has 2 N–H and O–H groups in total. The first-order valence-corrected chi connectivity index (χ1v) is 10.3. The Balaban J connectivity index is 1.44. The fraction of sp³-hybridized carbons (Fsp3) is 0.160. The molecule has 3 aromatic carbocycles. The average molecular weight is 430 g/mol. The van der Waals surface area contributed by atoms with Crippen molar-refractivity contribution in [2.45, 2.75) is 12.8 Å². The molecule has 0 radical (unpaired) electrons. The fourth-order valence-electron chi connectivity index (χ4n) is 3.58. The molecule has 4 rings (SSSR count). The molecule has 0 aliphatic carbocycles. The molecule has 1 aliphatic heterocycles. The zero-order chi connectivity index (χ0) is 22.5. The van der Waals surface area contributed by atoms with Crippen LogP contribution in [0.5, 0.6) is 11.5 Å². The van der Waals surface area contributed by atoms with Crippen molar-refractivity contribution < 1.29 is 23.9 Å².